The monoisotopic (exact) mass is 328 g/mol. The molecule has 6 heteroatoms. The highest BCUT2D eigenvalue weighted by atomic mass is 35.5. The first-order valence-electron chi connectivity index (χ1n) is 7.10. The fourth-order valence-corrected chi connectivity index (χ4v) is 3.90. The van der Waals surface area contributed by atoms with Crippen LogP contribution in [0.2, 0.25) is 0 Å². The molecule has 0 saturated carbocycles. The van der Waals surface area contributed by atoms with Crippen molar-refractivity contribution in [2.24, 2.45) is 0 Å². The molecule has 1 aliphatic heterocycles. The molecule has 3 N–H and O–H groups in total. The van der Waals surface area contributed by atoms with Gasteiger partial charge in [0, 0.05) is 36.9 Å². The Morgan fingerprint density at radius 3 is 3.00 bits per heavy atom. The van der Waals surface area contributed by atoms with Crippen LogP contribution >= 0.6 is 24.2 Å². The lowest BCUT2D eigenvalue weighted by Gasteiger charge is -2.24. The molecule has 4 nitrogen and oxygen atoms in total. The number of carbonyl (C=O) groups excluding carboxylic acids is 1. The lowest BCUT2D eigenvalue weighted by molar-refractivity contribution is -0.123. The second-order valence-corrected chi connectivity index (χ2v) is 6.60. The van der Waals surface area contributed by atoms with Crippen LogP contribution in [0.5, 0.6) is 0 Å². The van der Waals surface area contributed by atoms with Crippen LogP contribution < -0.4 is 10.6 Å². The van der Waals surface area contributed by atoms with Gasteiger partial charge in [-0.05, 0) is 11.1 Å². The number of hydrogen-bond donors (Lipinski definition) is 3. The fourth-order valence-electron chi connectivity index (χ4n) is 2.95. The molecule has 3 atom stereocenters. The zero-order valence-electron chi connectivity index (χ0n) is 11.7. The van der Waals surface area contributed by atoms with Crippen LogP contribution in [0.25, 0.3) is 0 Å². The van der Waals surface area contributed by atoms with Gasteiger partial charge in [-0.15, -0.1) is 12.4 Å². The Hall–Kier alpha value is -0.750. The molecule has 2 aliphatic rings. The van der Waals surface area contributed by atoms with Gasteiger partial charge in [0.1, 0.15) is 0 Å². The molecule has 0 radical (unpaired) electrons. The van der Waals surface area contributed by atoms with Crippen molar-refractivity contribution in [2.75, 3.05) is 18.1 Å². The molecule has 21 heavy (non-hydrogen) atoms. The van der Waals surface area contributed by atoms with Crippen LogP contribution in [0.3, 0.4) is 0 Å². The number of carbonyl (C=O) groups is 1. The Balaban J connectivity index is 0.00000161. The number of halogens is 1. The second-order valence-electron chi connectivity index (χ2n) is 5.45. The molecule has 1 saturated heterocycles. The van der Waals surface area contributed by atoms with Gasteiger partial charge >= 0.3 is 0 Å². The van der Waals surface area contributed by atoms with Crippen LogP contribution in [0.15, 0.2) is 24.3 Å². The largest absolute Gasteiger partial charge is 0.390 e. The molecule has 0 aromatic heterocycles. The van der Waals surface area contributed by atoms with Gasteiger partial charge in [0.2, 0.25) is 5.91 Å². The van der Waals surface area contributed by atoms with Gasteiger partial charge in [-0.25, -0.2) is 0 Å². The van der Waals surface area contributed by atoms with E-state index in [2.05, 4.69) is 10.6 Å². The van der Waals surface area contributed by atoms with E-state index in [-0.39, 0.29) is 30.4 Å². The van der Waals surface area contributed by atoms with Gasteiger partial charge in [0.25, 0.3) is 0 Å². The molecule has 116 valence electrons. The number of benzene rings is 1. The molecule has 1 heterocycles. The molecule has 0 spiro atoms. The van der Waals surface area contributed by atoms with Gasteiger partial charge in [0.15, 0.2) is 0 Å². The van der Waals surface area contributed by atoms with Crippen LogP contribution in [-0.2, 0) is 11.2 Å². The molecule has 3 rings (SSSR count). The SMILES string of the molecule is Cl.O=C(CC1CSCCN1)N[C@@H]1c2ccccc2C[C@@H]1O. The summed E-state index contributed by atoms with van der Waals surface area (Å²) in [7, 11) is 0. The average Bonchev–Trinajstić information content (AvgIpc) is 2.76. The molecular formula is C15H21ClN2O2S. The normalized spacial score (nSPS) is 27.6. The van der Waals surface area contributed by atoms with Crippen molar-refractivity contribution in [1.82, 2.24) is 10.6 Å². The third kappa shape index (κ3) is 3.92. The van der Waals surface area contributed by atoms with Crippen LogP contribution in [-0.4, -0.2) is 41.2 Å². The predicted octanol–water partition coefficient (Wildman–Crippen LogP) is 1.28. The maximum Gasteiger partial charge on any atom is 0.222 e. The molecule has 0 bridgehead atoms. The highest BCUT2D eigenvalue weighted by Gasteiger charge is 2.32. The number of aliphatic hydroxyl groups is 1. The van der Waals surface area contributed by atoms with E-state index in [1.54, 1.807) is 0 Å². The molecule has 1 aromatic rings. The number of aliphatic hydroxyl groups excluding tert-OH is 1. The minimum Gasteiger partial charge on any atom is -0.390 e. The first kappa shape index (κ1) is 16.6. The van der Waals surface area contributed by atoms with E-state index in [0.29, 0.717) is 12.8 Å². The maximum atomic E-state index is 12.2. The first-order chi connectivity index (χ1) is 9.74. The number of thioether (sulfide) groups is 1. The van der Waals surface area contributed by atoms with Crippen molar-refractivity contribution < 1.29 is 9.90 Å². The van der Waals surface area contributed by atoms with Gasteiger partial charge < -0.3 is 15.7 Å². The third-order valence-corrected chi connectivity index (χ3v) is 5.08. The zero-order chi connectivity index (χ0) is 13.9. The van der Waals surface area contributed by atoms with Crippen molar-refractivity contribution >= 4 is 30.1 Å². The molecular weight excluding hydrogens is 308 g/mol. The molecule has 1 aliphatic carbocycles. The summed E-state index contributed by atoms with van der Waals surface area (Å²) in [5.41, 5.74) is 2.19. The Morgan fingerprint density at radius 1 is 1.43 bits per heavy atom. The Morgan fingerprint density at radius 2 is 2.24 bits per heavy atom. The molecule has 1 unspecified atom stereocenters. The van der Waals surface area contributed by atoms with Crippen LogP contribution in [0, 0.1) is 0 Å². The number of rotatable bonds is 3. The Kier molecular flexibility index (Phi) is 5.93. The lowest BCUT2D eigenvalue weighted by Crippen LogP contribution is -2.43. The summed E-state index contributed by atoms with van der Waals surface area (Å²) in [6.45, 7) is 0.970. The van der Waals surface area contributed by atoms with Gasteiger partial charge in [0.05, 0.1) is 12.1 Å². The number of fused-ring (bicyclic) bond motifs is 1. The minimum atomic E-state index is -0.509. The van der Waals surface area contributed by atoms with Crippen LogP contribution in [0.1, 0.15) is 23.6 Å². The number of amides is 1. The highest BCUT2D eigenvalue weighted by Crippen LogP contribution is 2.31. The van der Waals surface area contributed by atoms with E-state index in [0.717, 1.165) is 29.2 Å². The summed E-state index contributed by atoms with van der Waals surface area (Å²) in [4.78, 5) is 12.2. The standard InChI is InChI=1S/C15H20N2O2S.ClH/c18-13-7-10-3-1-2-4-12(10)15(13)17-14(19)8-11-9-20-6-5-16-11;/h1-4,11,13,15-16,18H,5-9H2,(H,17,19);1H/t11?,13-,15+;/m0./s1. The Labute approximate surface area is 135 Å². The Bertz CT molecular complexity index is 494. The summed E-state index contributed by atoms with van der Waals surface area (Å²) < 4.78 is 0. The zero-order valence-corrected chi connectivity index (χ0v) is 13.4. The summed E-state index contributed by atoms with van der Waals surface area (Å²) in [5, 5.41) is 16.5. The predicted molar refractivity (Wildman–Crippen MR) is 88.0 cm³/mol. The number of nitrogens with one attached hydrogen (secondary N) is 2. The minimum absolute atomic E-state index is 0. The van der Waals surface area contributed by atoms with Gasteiger partial charge in [-0.3, -0.25) is 4.79 Å². The van der Waals surface area contributed by atoms with E-state index in [1.807, 2.05) is 36.0 Å². The van der Waals surface area contributed by atoms with E-state index in [1.165, 1.54) is 0 Å². The van der Waals surface area contributed by atoms with E-state index in [9.17, 15) is 9.90 Å². The summed E-state index contributed by atoms with van der Waals surface area (Å²) in [6, 6.07) is 7.93. The summed E-state index contributed by atoms with van der Waals surface area (Å²) >= 11 is 1.88. The van der Waals surface area contributed by atoms with Crippen molar-refractivity contribution in [3.63, 3.8) is 0 Å². The molecule has 1 aromatic carbocycles. The van der Waals surface area contributed by atoms with Crippen LogP contribution in [0.4, 0.5) is 0 Å². The maximum absolute atomic E-state index is 12.2. The van der Waals surface area contributed by atoms with E-state index >= 15 is 0 Å². The summed E-state index contributed by atoms with van der Waals surface area (Å²) in [6.07, 6.45) is 0.599. The third-order valence-electron chi connectivity index (χ3n) is 3.95. The lowest BCUT2D eigenvalue weighted by atomic mass is 10.1. The fraction of sp³-hybridized carbons (Fsp3) is 0.533. The highest BCUT2D eigenvalue weighted by molar-refractivity contribution is 7.99. The second kappa shape index (κ2) is 7.49. The van der Waals surface area contributed by atoms with Crippen molar-refractivity contribution in [3.8, 4) is 0 Å². The topological polar surface area (TPSA) is 61.4 Å². The van der Waals surface area contributed by atoms with E-state index in [4.69, 9.17) is 0 Å². The van der Waals surface area contributed by atoms with Crippen molar-refractivity contribution in [2.45, 2.75) is 31.0 Å². The van der Waals surface area contributed by atoms with Crippen molar-refractivity contribution in [3.05, 3.63) is 35.4 Å². The van der Waals surface area contributed by atoms with Gasteiger partial charge in [-0.1, -0.05) is 24.3 Å². The van der Waals surface area contributed by atoms with E-state index < -0.39 is 6.10 Å². The summed E-state index contributed by atoms with van der Waals surface area (Å²) in [5.74, 6) is 2.12. The van der Waals surface area contributed by atoms with Gasteiger partial charge in [-0.2, -0.15) is 11.8 Å². The number of hydrogen-bond acceptors (Lipinski definition) is 4. The molecule has 1 amide bonds. The van der Waals surface area contributed by atoms with Crippen molar-refractivity contribution in [1.29, 1.82) is 0 Å². The quantitative estimate of drug-likeness (QED) is 0.782. The smallest absolute Gasteiger partial charge is 0.222 e. The first-order valence-corrected chi connectivity index (χ1v) is 8.26. The average molecular weight is 329 g/mol. The molecule has 1 fully saturated rings.